The van der Waals surface area contributed by atoms with Crippen molar-refractivity contribution in [1.29, 1.82) is 0 Å². The van der Waals surface area contributed by atoms with Crippen LogP contribution >= 0.6 is 15.9 Å². The van der Waals surface area contributed by atoms with Gasteiger partial charge in [0.1, 0.15) is 5.75 Å². The minimum absolute atomic E-state index is 0.109. The molecule has 1 amide bonds. The van der Waals surface area contributed by atoms with E-state index < -0.39 is 0 Å². The molecule has 0 aliphatic carbocycles. The molecule has 0 aromatic heterocycles. The number of hydrogen-bond acceptors (Lipinski definition) is 3. The van der Waals surface area contributed by atoms with Gasteiger partial charge in [-0.3, -0.25) is 10.2 Å². The Balaban J connectivity index is 3.08. The molecule has 1 aromatic rings. The van der Waals surface area contributed by atoms with E-state index in [1.165, 1.54) is 5.56 Å². The summed E-state index contributed by atoms with van der Waals surface area (Å²) in [7, 11) is 0. The Hall–Kier alpha value is -1.33. The summed E-state index contributed by atoms with van der Waals surface area (Å²) in [4.78, 5) is 11.2. The Bertz CT molecular complexity index is 489. The van der Waals surface area contributed by atoms with E-state index in [2.05, 4.69) is 42.4 Å². The molecular formula is C15H21BrN2O2. The van der Waals surface area contributed by atoms with Crippen LogP contribution in [0, 0.1) is 0 Å². The fraction of sp³-hybridized carbons (Fsp3) is 0.400. The molecule has 0 saturated heterocycles. The first-order valence-electron chi connectivity index (χ1n) is 6.58. The third-order valence-electron chi connectivity index (χ3n) is 3.20. The van der Waals surface area contributed by atoms with Crippen LogP contribution in [-0.2, 0) is 11.2 Å². The number of allylic oxidation sites excluding steroid dienone is 1. The normalized spacial score (nSPS) is 11.8. The van der Waals surface area contributed by atoms with Crippen LogP contribution in [0.2, 0.25) is 0 Å². The first-order valence-corrected chi connectivity index (χ1v) is 7.38. The lowest BCUT2D eigenvalue weighted by molar-refractivity contribution is -0.123. The molecule has 5 heteroatoms. The molecule has 3 N–H and O–H groups in total. The molecule has 0 aliphatic heterocycles. The van der Waals surface area contributed by atoms with Crippen LogP contribution in [-0.4, -0.2) is 12.5 Å². The van der Waals surface area contributed by atoms with E-state index in [0.717, 1.165) is 16.5 Å². The molecule has 0 bridgehead atoms. The van der Waals surface area contributed by atoms with Gasteiger partial charge in [0.25, 0.3) is 5.91 Å². The van der Waals surface area contributed by atoms with Gasteiger partial charge in [-0.1, -0.05) is 26.0 Å². The van der Waals surface area contributed by atoms with Gasteiger partial charge in [0.05, 0.1) is 4.47 Å². The van der Waals surface area contributed by atoms with E-state index in [0.29, 0.717) is 18.1 Å². The highest BCUT2D eigenvalue weighted by molar-refractivity contribution is 9.10. The number of carbonyl (C=O) groups is 1. The van der Waals surface area contributed by atoms with E-state index in [1.54, 1.807) is 0 Å². The molecule has 20 heavy (non-hydrogen) atoms. The lowest BCUT2D eigenvalue weighted by atomic mass is 9.95. The van der Waals surface area contributed by atoms with Gasteiger partial charge in [0.2, 0.25) is 0 Å². The number of hydrogen-bond donors (Lipinski definition) is 2. The second kappa shape index (κ2) is 8.07. The van der Waals surface area contributed by atoms with Crippen molar-refractivity contribution in [3.05, 3.63) is 40.4 Å². The van der Waals surface area contributed by atoms with Crippen LogP contribution in [0.3, 0.4) is 0 Å². The molecule has 0 fully saturated rings. The predicted octanol–water partition coefficient (Wildman–Crippen LogP) is 3.06. The summed E-state index contributed by atoms with van der Waals surface area (Å²) in [6.45, 7) is 7.99. The second-order valence-corrected chi connectivity index (χ2v) is 5.50. The van der Waals surface area contributed by atoms with Crippen LogP contribution in [0.1, 0.15) is 37.3 Å². The zero-order valence-electron chi connectivity index (χ0n) is 11.9. The van der Waals surface area contributed by atoms with Crippen LogP contribution in [0.25, 0.3) is 0 Å². The predicted molar refractivity (Wildman–Crippen MR) is 84.6 cm³/mol. The lowest BCUT2D eigenvalue weighted by Crippen LogP contribution is -2.34. The number of nitrogens with two attached hydrogens (primary N) is 1. The molecular weight excluding hydrogens is 320 g/mol. The molecule has 0 saturated carbocycles. The monoisotopic (exact) mass is 340 g/mol. The van der Waals surface area contributed by atoms with Gasteiger partial charge in [0, 0.05) is 0 Å². The minimum Gasteiger partial charge on any atom is -0.482 e. The highest BCUT2D eigenvalue weighted by atomic mass is 79.9. The number of ether oxygens (including phenoxy) is 1. The summed E-state index contributed by atoms with van der Waals surface area (Å²) in [5.41, 5.74) is 4.30. The number of hydrazine groups is 1. The molecule has 0 aliphatic rings. The van der Waals surface area contributed by atoms with Gasteiger partial charge in [-0.2, -0.15) is 0 Å². The first-order chi connectivity index (χ1) is 9.53. The van der Waals surface area contributed by atoms with Crippen molar-refractivity contribution in [3.8, 4) is 5.75 Å². The highest BCUT2D eigenvalue weighted by Gasteiger charge is 2.14. The van der Waals surface area contributed by atoms with Crippen LogP contribution < -0.4 is 16.0 Å². The number of benzene rings is 1. The summed E-state index contributed by atoms with van der Waals surface area (Å²) >= 11 is 3.52. The van der Waals surface area contributed by atoms with Crippen molar-refractivity contribution in [1.82, 2.24) is 5.43 Å². The number of halogens is 1. The van der Waals surface area contributed by atoms with Crippen molar-refractivity contribution in [2.45, 2.75) is 32.6 Å². The molecule has 4 nitrogen and oxygen atoms in total. The fourth-order valence-corrected chi connectivity index (χ4v) is 2.48. The number of nitrogens with one attached hydrogen (secondary N) is 1. The SMILES string of the molecule is C=CCc1cc(C(C)CC)cc(Br)c1OCC(=O)NN. The van der Waals surface area contributed by atoms with Crippen LogP contribution in [0.4, 0.5) is 0 Å². The van der Waals surface area contributed by atoms with Crippen molar-refractivity contribution in [2.75, 3.05) is 6.61 Å². The smallest absolute Gasteiger partial charge is 0.271 e. The zero-order valence-corrected chi connectivity index (χ0v) is 13.5. The maximum Gasteiger partial charge on any atom is 0.271 e. The quantitative estimate of drug-likeness (QED) is 0.347. The number of amides is 1. The molecule has 0 radical (unpaired) electrons. The Morgan fingerprint density at radius 3 is 2.85 bits per heavy atom. The van der Waals surface area contributed by atoms with E-state index in [-0.39, 0.29) is 12.5 Å². The average molecular weight is 341 g/mol. The molecule has 0 spiro atoms. The molecule has 0 heterocycles. The lowest BCUT2D eigenvalue weighted by Gasteiger charge is -2.17. The summed E-state index contributed by atoms with van der Waals surface area (Å²) in [5, 5.41) is 0. The van der Waals surface area contributed by atoms with E-state index in [9.17, 15) is 4.79 Å². The second-order valence-electron chi connectivity index (χ2n) is 4.65. The van der Waals surface area contributed by atoms with Crippen molar-refractivity contribution < 1.29 is 9.53 Å². The fourth-order valence-electron chi connectivity index (χ4n) is 1.84. The van der Waals surface area contributed by atoms with Crippen molar-refractivity contribution in [2.24, 2.45) is 5.84 Å². The van der Waals surface area contributed by atoms with Gasteiger partial charge in [-0.25, -0.2) is 5.84 Å². The van der Waals surface area contributed by atoms with Crippen LogP contribution in [0.15, 0.2) is 29.3 Å². The first kappa shape index (κ1) is 16.7. The van der Waals surface area contributed by atoms with Crippen molar-refractivity contribution >= 4 is 21.8 Å². The molecule has 1 rings (SSSR count). The van der Waals surface area contributed by atoms with E-state index in [1.807, 2.05) is 17.6 Å². The van der Waals surface area contributed by atoms with Gasteiger partial charge in [0.15, 0.2) is 6.61 Å². The Morgan fingerprint density at radius 1 is 1.60 bits per heavy atom. The van der Waals surface area contributed by atoms with Crippen LogP contribution in [0.5, 0.6) is 5.75 Å². The molecule has 1 atom stereocenters. The van der Waals surface area contributed by atoms with Gasteiger partial charge in [-0.05, 0) is 51.9 Å². The van der Waals surface area contributed by atoms with E-state index >= 15 is 0 Å². The third-order valence-corrected chi connectivity index (χ3v) is 3.79. The molecule has 1 unspecified atom stereocenters. The largest absolute Gasteiger partial charge is 0.482 e. The highest BCUT2D eigenvalue weighted by Crippen LogP contribution is 2.34. The maximum absolute atomic E-state index is 11.2. The number of rotatable bonds is 7. The maximum atomic E-state index is 11.2. The minimum atomic E-state index is -0.368. The number of carbonyl (C=O) groups excluding carboxylic acids is 1. The third kappa shape index (κ3) is 4.35. The summed E-state index contributed by atoms with van der Waals surface area (Å²) in [6.07, 6.45) is 3.57. The molecule has 1 aromatic carbocycles. The average Bonchev–Trinajstić information content (AvgIpc) is 2.45. The van der Waals surface area contributed by atoms with E-state index in [4.69, 9.17) is 10.6 Å². The summed E-state index contributed by atoms with van der Waals surface area (Å²) < 4.78 is 6.40. The zero-order chi connectivity index (χ0) is 15.1. The standard InChI is InChI=1S/C15H21BrN2O2/c1-4-6-11-7-12(10(3)5-2)8-13(16)15(11)20-9-14(19)18-17/h4,7-8,10H,1,5-6,9,17H2,2-3H3,(H,18,19). The van der Waals surface area contributed by atoms with Gasteiger partial charge >= 0.3 is 0 Å². The van der Waals surface area contributed by atoms with Crippen molar-refractivity contribution in [3.63, 3.8) is 0 Å². The Kier molecular flexibility index (Phi) is 6.75. The Morgan fingerprint density at radius 2 is 2.30 bits per heavy atom. The summed E-state index contributed by atoms with van der Waals surface area (Å²) in [5.74, 6) is 5.81. The summed E-state index contributed by atoms with van der Waals surface area (Å²) in [6, 6.07) is 4.15. The van der Waals surface area contributed by atoms with Gasteiger partial charge < -0.3 is 4.74 Å². The topological polar surface area (TPSA) is 64.3 Å². The van der Waals surface area contributed by atoms with Gasteiger partial charge in [-0.15, -0.1) is 6.58 Å². The Labute approximate surface area is 128 Å². The molecule has 110 valence electrons.